The van der Waals surface area contributed by atoms with E-state index in [-0.39, 0.29) is 36.0 Å². The average molecular weight is 507 g/mol. The number of aryl methyl sites for hydroxylation is 1. The number of pyridine rings is 1. The van der Waals surface area contributed by atoms with Crippen molar-refractivity contribution in [2.45, 2.75) is 45.1 Å². The molecule has 2 aromatic rings. The van der Waals surface area contributed by atoms with Crippen LogP contribution in [-0.4, -0.2) is 69.1 Å². The zero-order valence-electron chi connectivity index (χ0n) is 21.4. The summed E-state index contributed by atoms with van der Waals surface area (Å²) in [5.41, 5.74) is 7.57. The highest BCUT2D eigenvalue weighted by Crippen LogP contribution is 2.45. The van der Waals surface area contributed by atoms with E-state index in [1.54, 1.807) is 44.1 Å². The molecule has 0 spiro atoms. The van der Waals surface area contributed by atoms with Gasteiger partial charge in [-0.2, -0.15) is 5.10 Å². The lowest BCUT2D eigenvalue weighted by Gasteiger charge is -2.43. The molecule has 12 nitrogen and oxygen atoms in total. The summed E-state index contributed by atoms with van der Waals surface area (Å²) in [7, 11) is 3.19. The van der Waals surface area contributed by atoms with Crippen molar-refractivity contribution in [3.8, 4) is 5.88 Å². The number of methoxy groups -OCH3 is 1. The van der Waals surface area contributed by atoms with Gasteiger partial charge in [0.25, 0.3) is 0 Å². The number of aromatic nitrogens is 3. The topological polar surface area (TPSA) is 156 Å². The fourth-order valence-electron chi connectivity index (χ4n) is 5.03. The van der Waals surface area contributed by atoms with Crippen LogP contribution >= 0.6 is 0 Å². The van der Waals surface area contributed by atoms with Crippen molar-refractivity contribution >= 4 is 29.5 Å². The van der Waals surface area contributed by atoms with Gasteiger partial charge in [-0.15, -0.1) is 0 Å². The van der Waals surface area contributed by atoms with Crippen molar-refractivity contribution in [3.05, 3.63) is 46.1 Å². The maximum Gasteiger partial charge on any atom is 0.223 e. The average Bonchev–Trinajstić information content (AvgIpc) is 3.27. The van der Waals surface area contributed by atoms with Crippen molar-refractivity contribution in [1.82, 2.24) is 19.7 Å². The summed E-state index contributed by atoms with van der Waals surface area (Å²) in [5, 5.41) is 8.07. The summed E-state index contributed by atoms with van der Waals surface area (Å²) in [6, 6.07) is 3.35. The molecule has 2 unspecified atom stereocenters. The number of Topliss-reactive ketones (excluding diaryl/α,β-unsaturated/α-hetero) is 2. The number of fused-ring (bicyclic) bond motifs is 1. The molecule has 2 aromatic heterocycles. The van der Waals surface area contributed by atoms with Gasteiger partial charge < -0.3 is 9.64 Å². The second-order valence-electron chi connectivity index (χ2n) is 9.96. The Hall–Kier alpha value is -4.05. The smallest absolute Gasteiger partial charge is 0.223 e. The molecule has 194 valence electrons. The van der Waals surface area contributed by atoms with Crippen LogP contribution in [0.15, 0.2) is 34.6 Å². The lowest BCUT2D eigenvalue weighted by Crippen LogP contribution is -2.52. The molecule has 2 aliphatic heterocycles. The number of ether oxygens (including phenoxy) is 1. The molecule has 0 saturated carbocycles. The Morgan fingerprint density at radius 2 is 1.97 bits per heavy atom. The summed E-state index contributed by atoms with van der Waals surface area (Å²) in [4.78, 5) is 53.2. The molecule has 4 heterocycles. The number of hydrogen-bond acceptors (Lipinski definition) is 8. The molecule has 37 heavy (non-hydrogen) atoms. The molecule has 2 aliphatic rings. The molecule has 1 amide bonds. The SMILES string of the molecule is COc1ccc(C(=O)C2CCN(C(=O)CC3(C)CC=Nc4c(cnn4C)C(=O)C3(C)N=[N+]=[N-])CC2)cn1. The van der Waals surface area contributed by atoms with Crippen LogP contribution in [0.25, 0.3) is 10.4 Å². The second-order valence-corrected chi connectivity index (χ2v) is 9.96. The lowest BCUT2D eigenvalue weighted by molar-refractivity contribution is -0.135. The molecular formula is C25H30N8O4. The van der Waals surface area contributed by atoms with E-state index in [2.05, 4.69) is 25.1 Å². The maximum atomic E-state index is 13.6. The third-order valence-electron chi connectivity index (χ3n) is 7.76. The first-order valence-corrected chi connectivity index (χ1v) is 12.1. The fraction of sp³-hybridized carbons (Fsp3) is 0.520. The number of piperidine rings is 1. The quantitative estimate of drug-likeness (QED) is 0.252. The number of hydrogen-bond donors (Lipinski definition) is 0. The minimum absolute atomic E-state index is 0.000697. The van der Waals surface area contributed by atoms with Crippen LogP contribution in [0.1, 0.15) is 60.2 Å². The largest absolute Gasteiger partial charge is 0.481 e. The third-order valence-corrected chi connectivity index (χ3v) is 7.76. The Labute approximate surface area is 214 Å². The maximum absolute atomic E-state index is 13.6. The number of ketones is 2. The number of rotatable bonds is 6. The van der Waals surface area contributed by atoms with E-state index >= 15 is 0 Å². The summed E-state index contributed by atoms with van der Waals surface area (Å²) in [6.07, 6.45) is 5.87. The third kappa shape index (κ3) is 4.72. The molecule has 1 saturated heterocycles. The van der Waals surface area contributed by atoms with Crippen LogP contribution in [0, 0.1) is 11.3 Å². The minimum atomic E-state index is -1.53. The number of azide groups is 1. The van der Waals surface area contributed by atoms with Crippen LogP contribution in [0.3, 0.4) is 0 Å². The van der Waals surface area contributed by atoms with Crippen molar-refractivity contribution in [3.63, 3.8) is 0 Å². The lowest BCUT2D eigenvalue weighted by atomic mass is 9.64. The molecule has 1 fully saturated rings. The van der Waals surface area contributed by atoms with Crippen molar-refractivity contribution in [2.75, 3.05) is 20.2 Å². The van der Waals surface area contributed by atoms with Crippen LogP contribution in [0.5, 0.6) is 5.88 Å². The molecule has 4 rings (SSSR count). The van der Waals surface area contributed by atoms with E-state index in [4.69, 9.17) is 4.74 Å². The van der Waals surface area contributed by atoms with Crippen LogP contribution in [-0.2, 0) is 11.8 Å². The minimum Gasteiger partial charge on any atom is -0.481 e. The highest BCUT2D eigenvalue weighted by molar-refractivity contribution is 6.08. The summed E-state index contributed by atoms with van der Waals surface area (Å²) in [5.74, 6) is 0.0406. The van der Waals surface area contributed by atoms with E-state index in [0.29, 0.717) is 43.2 Å². The normalized spacial score (nSPS) is 24.0. The molecule has 0 bridgehead atoms. The zero-order valence-corrected chi connectivity index (χ0v) is 21.4. The second kappa shape index (κ2) is 10.1. The Bertz CT molecular complexity index is 1290. The monoisotopic (exact) mass is 506 g/mol. The fourth-order valence-corrected chi connectivity index (χ4v) is 5.03. The van der Waals surface area contributed by atoms with Crippen LogP contribution in [0.2, 0.25) is 0 Å². The highest BCUT2D eigenvalue weighted by atomic mass is 16.5. The van der Waals surface area contributed by atoms with Gasteiger partial charge in [0.2, 0.25) is 11.8 Å². The Kier molecular flexibility index (Phi) is 7.13. The number of nitrogens with zero attached hydrogens (tertiary/aromatic N) is 8. The van der Waals surface area contributed by atoms with Crippen molar-refractivity contribution in [2.24, 2.45) is 28.5 Å². The molecule has 0 radical (unpaired) electrons. The number of amides is 1. The van der Waals surface area contributed by atoms with E-state index in [9.17, 15) is 19.9 Å². The van der Waals surface area contributed by atoms with Gasteiger partial charge in [0, 0.05) is 61.4 Å². The summed E-state index contributed by atoms with van der Waals surface area (Å²) >= 11 is 0. The highest BCUT2D eigenvalue weighted by Gasteiger charge is 2.52. The molecular weight excluding hydrogens is 476 g/mol. The van der Waals surface area contributed by atoms with Crippen molar-refractivity contribution in [1.29, 1.82) is 0 Å². The van der Waals surface area contributed by atoms with Gasteiger partial charge in [-0.25, -0.2) is 9.98 Å². The van der Waals surface area contributed by atoms with Gasteiger partial charge >= 0.3 is 0 Å². The van der Waals surface area contributed by atoms with Crippen LogP contribution < -0.4 is 4.74 Å². The van der Waals surface area contributed by atoms with Gasteiger partial charge in [-0.3, -0.25) is 19.1 Å². The Balaban J connectivity index is 1.48. The molecule has 12 heteroatoms. The van der Waals surface area contributed by atoms with Gasteiger partial charge in [0.15, 0.2) is 17.4 Å². The van der Waals surface area contributed by atoms with Gasteiger partial charge in [-0.1, -0.05) is 12.0 Å². The van der Waals surface area contributed by atoms with E-state index < -0.39 is 16.7 Å². The predicted molar refractivity (Wildman–Crippen MR) is 135 cm³/mol. The molecule has 2 atom stereocenters. The predicted octanol–water partition coefficient (Wildman–Crippen LogP) is 3.70. The standard InChI is InChI=1S/C25H30N8O4/c1-24(9-10-27-23-18(15-29-32(23)3)22(36)25(24,2)30-31-26)13-20(34)33-11-7-16(8-12-33)21(35)17-5-6-19(37-4)28-14-17/h5-6,10,14-16H,7-9,11-13H2,1-4H3. The molecule has 0 N–H and O–H groups in total. The van der Waals surface area contributed by atoms with E-state index in [1.807, 2.05) is 0 Å². The first kappa shape index (κ1) is 26.0. The summed E-state index contributed by atoms with van der Waals surface area (Å²) < 4.78 is 6.54. The Morgan fingerprint density at radius 1 is 1.24 bits per heavy atom. The van der Waals surface area contributed by atoms with Crippen LogP contribution in [0.4, 0.5) is 5.82 Å². The van der Waals surface area contributed by atoms with E-state index in [0.717, 1.165) is 0 Å². The number of aliphatic imine (C=N–C) groups is 1. The number of carbonyl (C=O) groups is 3. The number of likely N-dealkylation sites (tertiary alicyclic amines) is 1. The first-order valence-electron chi connectivity index (χ1n) is 12.1. The van der Waals surface area contributed by atoms with E-state index in [1.165, 1.54) is 24.2 Å². The van der Waals surface area contributed by atoms with Gasteiger partial charge in [0.1, 0.15) is 5.54 Å². The van der Waals surface area contributed by atoms with Gasteiger partial charge in [-0.05, 0) is 43.2 Å². The molecule has 0 aromatic carbocycles. The number of carbonyl (C=O) groups excluding carboxylic acids is 3. The zero-order chi connectivity index (χ0) is 26.8. The summed E-state index contributed by atoms with van der Waals surface area (Å²) in [6.45, 7) is 4.19. The van der Waals surface area contributed by atoms with Crippen molar-refractivity contribution < 1.29 is 19.1 Å². The Morgan fingerprint density at radius 3 is 2.59 bits per heavy atom. The van der Waals surface area contributed by atoms with Gasteiger partial charge in [0.05, 0.1) is 18.9 Å². The first-order chi connectivity index (χ1) is 17.6. The molecule has 0 aliphatic carbocycles.